The van der Waals surface area contributed by atoms with Crippen LogP contribution in [0, 0.1) is 6.92 Å². The summed E-state index contributed by atoms with van der Waals surface area (Å²) in [6.45, 7) is 2.15. The molecule has 0 spiro atoms. The Labute approximate surface area is 141 Å². The predicted octanol–water partition coefficient (Wildman–Crippen LogP) is 3.78. The first-order valence-corrected chi connectivity index (χ1v) is 9.18. The Morgan fingerprint density at radius 3 is 2.48 bits per heavy atom. The van der Waals surface area contributed by atoms with Gasteiger partial charge in [0.15, 0.2) is 0 Å². The zero-order valence-electron chi connectivity index (χ0n) is 11.2. The molecule has 7 heteroatoms. The molecule has 0 saturated heterocycles. The summed E-state index contributed by atoms with van der Waals surface area (Å²) in [6.07, 6.45) is 0. The predicted molar refractivity (Wildman–Crippen MR) is 91.7 cm³/mol. The van der Waals surface area contributed by atoms with Crippen LogP contribution in [0.4, 0.5) is 5.69 Å². The molecule has 112 valence electrons. The Bertz CT molecular complexity index is 777. The number of nitrogens with one attached hydrogen (secondary N) is 1. The summed E-state index contributed by atoms with van der Waals surface area (Å²) < 4.78 is 28.9. The van der Waals surface area contributed by atoms with Crippen LogP contribution in [0.15, 0.2) is 50.2 Å². The molecule has 4 nitrogen and oxygen atoms in total. The van der Waals surface area contributed by atoms with Gasteiger partial charge in [-0.1, -0.05) is 34.1 Å². The van der Waals surface area contributed by atoms with Crippen molar-refractivity contribution in [1.82, 2.24) is 0 Å². The van der Waals surface area contributed by atoms with Crippen LogP contribution in [0.5, 0.6) is 0 Å². The topological polar surface area (TPSA) is 72.2 Å². The Hall–Kier alpha value is -0.890. The number of para-hydroxylation sites is 1. The quantitative estimate of drug-likeness (QED) is 0.770. The maximum absolute atomic E-state index is 12.6. The van der Waals surface area contributed by atoms with Crippen molar-refractivity contribution < 1.29 is 8.42 Å². The van der Waals surface area contributed by atoms with Crippen LogP contribution in [0.1, 0.15) is 11.1 Å². The highest BCUT2D eigenvalue weighted by molar-refractivity contribution is 9.11. The number of hydrogen-bond acceptors (Lipinski definition) is 3. The van der Waals surface area contributed by atoms with E-state index in [2.05, 4.69) is 36.6 Å². The van der Waals surface area contributed by atoms with Gasteiger partial charge in [0.05, 0.1) is 5.69 Å². The summed E-state index contributed by atoms with van der Waals surface area (Å²) in [5.74, 6) is 0. The minimum absolute atomic E-state index is 0.173. The van der Waals surface area contributed by atoms with Crippen molar-refractivity contribution >= 4 is 47.6 Å². The highest BCUT2D eigenvalue weighted by Gasteiger charge is 2.20. The Morgan fingerprint density at radius 2 is 1.81 bits per heavy atom. The lowest BCUT2D eigenvalue weighted by Crippen LogP contribution is -2.15. The lowest BCUT2D eigenvalue weighted by atomic mass is 10.2. The highest BCUT2D eigenvalue weighted by Crippen LogP contribution is 2.30. The molecule has 0 aliphatic heterocycles. The monoisotopic (exact) mass is 432 g/mol. The van der Waals surface area contributed by atoms with Crippen LogP contribution >= 0.6 is 31.9 Å². The molecule has 2 aromatic carbocycles. The highest BCUT2D eigenvalue weighted by atomic mass is 79.9. The second-order valence-electron chi connectivity index (χ2n) is 4.50. The van der Waals surface area contributed by atoms with Crippen LogP contribution in [0.25, 0.3) is 0 Å². The van der Waals surface area contributed by atoms with Gasteiger partial charge in [0, 0.05) is 15.5 Å². The molecule has 0 aliphatic rings. The molecule has 0 saturated carbocycles. The fourth-order valence-corrected chi connectivity index (χ4v) is 4.61. The van der Waals surface area contributed by atoms with Gasteiger partial charge in [-0.25, -0.2) is 8.42 Å². The van der Waals surface area contributed by atoms with E-state index in [0.29, 0.717) is 10.2 Å². The van der Waals surface area contributed by atoms with E-state index < -0.39 is 10.0 Å². The maximum atomic E-state index is 12.6. The summed E-state index contributed by atoms with van der Waals surface area (Å²) in [4.78, 5) is 0.173. The van der Waals surface area contributed by atoms with Crippen LogP contribution in [-0.4, -0.2) is 8.42 Å². The van der Waals surface area contributed by atoms with E-state index in [1.165, 1.54) is 0 Å². The van der Waals surface area contributed by atoms with Crippen molar-refractivity contribution in [2.24, 2.45) is 5.73 Å². The molecule has 0 bridgehead atoms. The van der Waals surface area contributed by atoms with Crippen LogP contribution < -0.4 is 10.5 Å². The van der Waals surface area contributed by atoms with Gasteiger partial charge in [0.2, 0.25) is 0 Å². The largest absolute Gasteiger partial charge is 0.326 e. The number of rotatable bonds is 4. The number of anilines is 1. The van der Waals surface area contributed by atoms with E-state index in [1.807, 2.05) is 13.0 Å². The molecule has 21 heavy (non-hydrogen) atoms. The van der Waals surface area contributed by atoms with Crippen molar-refractivity contribution in [3.8, 4) is 0 Å². The molecule has 0 aliphatic carbocycles. The van der Waals surface area contributed by atoms with E-state index in [1.54, 1.807) is 30.3 Å². The third-order valence-corrected chi connectivity index (χ3v) is 6.16. The molecule has 0 fully saturated rings. The number of halogens is 2. The first kappa shape index (κ1) is 16.5. The maximum Gasteiger partial charge on any atom is 0.263 e. The lowest BCUT2D eigenvalue weighted by molar-refractivity contribution is 0.600. The fourth-order valence-electron chi connectivity index (χ4n) is 1.83. The summed E-state index contributed by atoms with van der Waals surface area (Å²) >= 11 is 6.65. The first-order valence-electron chi connectivity index (χ1n) is 6.11. The number of aryl methyl sites for hydroxylation is 1. The van der Waals surface area contributed by atoms with Gasteiger partial charge in [-0.15, -0.1) is 0 Å². The van der Waals surface area contributed by atoms with Crippen LogP contribution in [-0.2, 0) is 16.6 Å². The lowest BCUT2D eigenvalue weighted by Gasteiger charge is -2.13. The van der Waals surface area contributed by atoms with Crippen molar-refractivity contribution in [2.75, 3.05) is 4.72 Å². The van der Waals surface area contributed by atoms with Crippen molar-refractivity contribution in [1.29, 1.82) is 0 Å². The third kappa shape index (κ3) is 3.66. The second kappa shape index (κ2) is 6.48. The Balaban J connectivity index is 2.46. The van der Waals surface area contributed by atoms with Crippen molar-refractivity contribution in [3.63, 3.8) is 0 Å². The minimum atomic E-state index is -3.70. The van der Waals surface area contributed by atoms with E-state index in [0.717, 1.165) is 15.6 Å². The minimum Gasteiger partial charge on any atom is -0.326 e. The molecule has 0 aromatic heterocycles. The Morgan fingerprint density at radius 1 is 1.14 bits per heavy atom. The van der Waals surface area contributed by atoms with Gasteiger partial charge in [-0.3, -0.25) is 4.72 Å². The molecule has 0 unspecified atom stereocenters. The summed E-state index contributed by atoms with van der Waals surface area (Å²) in [5.41, 5.74) is 7.81. The normalized spacial score (nSPS) is 11.4. The summed E-state index contributed by atoms with van der Waals surface area (Å²) in [5, 5.41) is 0. The molecule has 3 N–H and O–H groups in total. The van der Waals surface area contributed by atoms with E-state index in [9.17, 15) is 8.42 Å². The van der Waals surface area contributed by atoms with Gasteiger partial charge >= 0.3 is 0 Å². The number of sulfonamides is 1. The molecular formula is C14H14Br2N2O2S. The Kier molecular flexibility index (Phi) is 5.08. The molecule has 0 atom stereocenters. The summed E-state index contributed by atoms with van der Waals surface area (Å²) in [6, 6.07) is 10.4. The fraction of sp³-hybridized carbons (Fsp3) is 0.143. The van der Waals surface area contributed by atoms with Crippen LogP contribution in [0.2, 0.25) is 0 Å². The van der Waals surface area contributed by atoms with E-state index in [4.69, 9.17) is 5.73 Å². The van der Waals surface area contributed by atoms with Gasteiger partial charge in [0.25, 0.3) is 10.0 Å². The number of benzene rings is 2. The summed E-state index contributed by atoms with van der Waals surface area (Å²) in [7, 11) is -3.70. The van der Waals surface area contributed by atoms with Gasteiger partial charge in [-0.2, -0.15) is 0 Å². The number of nitrogens with two attached hydrogens (primary N) is 1. The standard InChI is InChI=1S/C14H14Br2N2O2S/c1-9-6-12(16)14(7-11(9)15)21(19,20)18-13-5-3-2-4-10(13)8-17/h2-7,18H,8,17H2,1H3. The van der Waals surface area contributed by atoms with E-state index >= 15 is 0 Å². The zero-order chi connectivity index (χ0) is 15.6. The zero-order valence-corrected chi connectivity index (χ0v) is 15.2. The molecule has 0 amide bonds. The second-order valence-corrected chi connectivity index (χ2v) is 7.86. The van der Waals surface area contributed by atoms with Crippen molar-refractivity contribution in [2.45, 2.75) is 18.4 Å². The average Bonchev–Trinajstić information content (AvgIpc) is 2.43. The van der Waals surface area contributed by atoms with Gasteiger partial charge in [-0.05, 0) is 52.2 Å². The van der Waals surface area contributed by atoms with Gasteiger partial charge < -0.3 is 5.73 Å². The smallest absolute Gasteiger partial charge is 0.263 e. The molecule has 0 heterocycles. The molecule has 0 radical (unpaired) electrons. The molecule has 2 aromatic rings. The number of hydrogen-bond donors (Lipinski definition) is 2. The SMILES string of the molecule is Cc1cc(Br)c(S(=O)(=O)Nc2ccccc2CN)cc1Br. The van der Waals surface area contributed by atoms with Crippen molar-refractivity contribution in [3.05, 3.63) is 56.5 Å². The molecular weight excluding hydrogens is 420 g/mol. The molecule has 2 rings (SSSR count). The van der Waals surface area contributed by atoms with Crippen LogP contribution in [0.3, 0.4) is 0 Å². The van der Waals surface area contributed by atoms with E-state index in [-0.39, 0.29) is 11.4 Å². The third-order valence-electron chi connectivity index (χ3n) is 2.98. The average molecular weight is 434 g/mol. The first-order chi connectivity index (χ1) is 9.85. The van der Waals surface area contributed by atoms with Gasteiger partial charge in [0.1, 0.15) is 4.90 Å².